The molecule has 0 spiro atoms. The van der Waals surface area contributed by atoms with E-state index >= 15 is 0 Å². The normalized spacial score (nSPS) is 12.4. The summed E-state index contributed by atoms with van der Waals surface area (Å²) in [5.41, 5.74) is 2.74. The maximum absolute atomic E-state index is 14.1. The summed E-state index contributed by atoms with van der Waals surface area (Å²) in [5, 5.41) is 4.05. The fourth-order valence-electron chi connectivity index (χ4n) is 2.35. The first-order valence-electron chi connectivity index (χ1n) is 6.84. The fourth-order valence-corrected chi connectivity index (χ4v) is 2.57. The lowest BCUT2D eigenvalue weighted by Crippen LogP contribution is -2.24. The predicted molar refractivity (Wildman–Crippen MR) is 82.7 cm³/mol. The summed E-state index contributed by atoms with van der Waals surface area (Å²) in [6, 6.07) is 13.1. The van der Waals surface area contributed by atoms with E-state index in [2.05, 4.69) is 5.32 Å². The Bertz CT molecular complexity index is 583. The molecule has 3 heteroatoms. The number of nitrogens with one attached hydrogen (secondary N) is 1. The van der Waals surface area contributed by atoms with Crippen LogP contribution < -0.4 is 5.32 Å². The molecule has 1 unspecified atom stereocenters. The van der Waals surface area contributed by atoms with Crippen molar-refractivity contribution in [2.45, 2.75) is 26.3 Å². The standard InChI is InChI=1S/C17H19ClFN/c1-3-20-17(11-13-5-4-6-14(18)10-13)15-8-7-12(2)9-16(15)19/h4-10,17,20H,3,11H2,1-2H3. The van der Waals surface area contributed by atoms with Crippen LogP contribution in [-0.2, 0) is 6.42 Å². The van der Waals surface area contributed by atoms with Crippen LogP contribution in [0.25, 0.3) is 0 Å². The zero-order valence-electron chi connectivity index (χ0n) is 11.8. The molecule has 20 heavy (non-hydrogen) atoms. The number of halogens is 2. The Hall–Kier alpha value is -1.38. The molecule has 0 aliphatic carbocycles. The van der Waals surface area contributed by atoms with Crippen molar-refractivity contribution in [1.82, 2.24) is 5.32 Å². The molecule has 2 aromatic rings. The van der Waals surface area contributed by atoms with Crippen molar-refractivity contribution in [2.75, 3.05) is 6.54 Å². The second-order valence-corrected chi connectivity index (χ2v) is 5.41. The highest BCUT2D eigenvalue weighted by Gasteiger charge is 2.15. The summed E-state index contributed by atoms with van der Waals surface area (Å²) in [6.45, 7) is 4.71. The van der Waals surface area contributed by atoms with E-state index in [9.17, 15) is 4.39 Å². The fraction of sp³-hybridized carbons (Fsp3) is 0.294. The largest absolute Gasteiger partial charge is 0.310 e. The molecule has 0 fully saturated rings. The highest BCUT2D eigenvalue weighted by molar-refractivity contribution is 6.30. The minimum Gasteiger partial charge on any atom is -0.310 e. The lowest BCUT2D eigenvalue weighted by atomic mass is 9.97. The molecule has 0 aliphatic rings. The van der Waals surface area contributed by atoms with Gasteiger partial charge in [-0.1, -0.05) is 42.8 Å². The van der Waals surface area contributed by atoms with Crippen molar-refractivity contribution in [2.24, 2.45) is 0 Å². The maximum atomic E-state index is 14.1. The van der Waals surface area contributed by atoms with E-state index in [0.717, 1.165) is 17.7 Å². The third-order valence-electron chi connectivity index (χ3n) is 3.31. The van der Waals surface area contributed by atoms with E-state index < -0.39 is 0 Å². The van der Waals surface area contributed by atoms with Crippen LogP contribution in [0.3, 0.4) is 0 Å². The first-order valence-corrected chi connectivity index (χ1v) is 7.22. The van der Waals surface area contributed by atoms with Gasteiger partial charge < -0.3 is 5.32 Å². The van der Waals surface area contributed by atoms with Gasteiger partial charge in [-0.3, -0.25) is 0 Å². The molecule has 2 aromatic carbocycles. The van der Waals surface area contributed by atoms with Gasteiger partial charge in [-0.05, 0) is 49.2 Å². The summed E-state index contributed by atoms with van der Waals surface area (Å²) >= 11 is 6.01. The highest BCUT2D eigenvalue weighted by atomic mass is 35.5. The van der Waals surface area contributed by atoms with Gasteiger partial charge in [-0.2, -0.15) is 0 Å². The molecular weight excluding hydrogens is 273 g/mol. The molecule has 2 rings (SSSR count). The molecule has 0 heterocycles. The molecule has 0 bridgehead atoms. The van der Waals surface area contributed by atoms with Crippen molar-refractivity contribution >= 4 is 11.6 Å². The highest BCUT2D eigenvalue weighted by Crippen LogP contribution is 2.23. The Balaban J connectivity index is 2.26. The molecule has 0 aliphatic heterocycles. The lowest BCUT2D eigenvalue weighted by molar-refractivity contribution is 0.509. The van der Waals surface area contributed by atoms with Gasteiger partial charge in [-0.25, -0.2) is 4.39 Å². The van der Waals surface area contributed by atoms with E-state index in [1.807, 2.05) is 50.2 Å². The van der Waals surface area contributed by atoms with Gasteiger partial charge in [-0.15, -0.1) is 0 Å². The van der Waals surface area contributed by atoms with Crippen molar-refractivity contribution in [1.29, 1.82) is 0 Å². The first-order chi connectivity index (χ1) is 9.60. The molecule has 0 radical (unpaired) electrons. The third-order valence-corrected chi connectivity index (χ3v) is 3.55. The monoisotopic (exact) mass is 291 g/mol. The Morgan fingerprint density at radius 1 is 1.20 bits per heavy atom. The van der Waals surface area contributed by atoms with E-state index in [-0.39, 0.29) is 11.9 Å². The van der Waals surface area contributed by atoms with Gasteiger partial charge >= 0.3 is 0 Å². The van der Waals surface area contributed by atoms with E-state index in [1.54, 1.807) is 6.07 Å². The van der Waals surface area contributed by atoms with Crippen LogP contribution in [-0.4, -0.2) is 6.54 Å². The molecule has 1 nitrogen and oxygen atoms in total. The van der Waals surface area contributed by atoms with Crippen LogP contribution in [0.5, 0.6) is 0 Å². The van der Waals surface area contributed by atoms with Gasteiger partial charge in [0.05, 0.1) is 0 Å². The summed E-state index contributed by atoms with van der Waals surface area (Å²) in [4.78, 5) is 0. The van der Waals surface area contributed by atoms with Gasteiger partial charge in [0.15, 0.2) is 0 Å². The maximum Gasteiger partial charge on any atom is 0.128 e. The van der Waals surface area contributed by atoms with Gasteiger partial charge in [0.25, 0.3) is 0 Å². The van der Waals surface area contributed by atoms with Crippen molar-refractivity contribution in [3.63, 3.8) is 0 Å². The van der Waals surface area contributed by atoms with E-state index in [4.69, 9.17) is 11.6 Å². The predicted octanol–water partition coefficient (Wildman–Crippen LogP) is 4.68. The van der Waals surface area contributed by atoms with Gasteiger partial charge in [0.2, 0.25) is 0 Å². The molecule has 0 saturated heterocycles. The van der Waals surface area contributed by atoms with Crippen LogP contribution in [0.1, 0.15) is 29.7 Å². The number of hydrogen-bond acceptors (Lipinski definition) is 1. The molecule has 0 amide bonds. The average Bonchev–Trinajstić information content (AvgIpc) is 2.38. The zero-order chi connectivity index (χ0) is 14.5. The van der Waals surface area contributed by atoms with Crippen molar-refractivity contribution in [3.05, 3.63) is 70.0 Å². The lowest BCUT2D eigenvalue weighted by Gasteiger charge is -2.19. The van der Waals surface area contributed by atoms with E-state index in [1.165, 1.54) is 0 Å². The Morgan fingerprint density at radius 3 is 2.65 bits per heavy atom. The van der Waals surface area contributed by atoms with Crippen LogP contribution in [0.4, 0.5) is 4.39 Å². The Kier molecular flexibility index (Phi) is 5.16. The van der Waals surface area contributed by atoms with Crippen molar-refractivity contribution in [3.8, 4) is 0 Å². The van der Waals surface area contributed by atoms with Crippen LogP contribution in [0.2, 0.25) is 5.02 Å². The first kappa shape index (κ1) is 15.0. The SMILES string of the molecule is CCNC(Cc1cccc(Cl)c1)c1ccc(C)cc1F. The van der Waals surface area contributed by atoms with Gasteiger partial charge in [0.1, 0.15) is 5.82 Å². The van der Waals surface area contributed by atoms with Crippen LogP contribution in [0.15, 0.2) is 42.5 Å². The summed E-state index contributed by atoms with van der Waals surface area (Å²) in [6.07, 6.45) is 0.717. The Labute approximate surface area is 124 Å². The number of hydrogen-bond donors (Lipinski definition) is 1. The summed E-state index contributed by atoms with van der Waals surface area (Å²) in [7, 11) is 0. The number of benzene rings is 2. The van der Waals surface area contributed by atoms with Crippen molar-refractivity contribution < 1.29 is 4.39 Å². The van der Waals surface area contributed by atoms with Crippen LogP contribution in [0, 0.1) is 12.7 Å². The minimum atomic E-state index is -0.155. The van der Waals surface area contributed by atoms with Gasteiger partial charge in [0, 0.05) is 16.6 Å². The van der Waals surface area contributed by atoms with Crippen LogP contribution >= 0.6 is 11.6 Å². The summed E-state index contributed by atoms with van der Waals surface area (Å²) < 4.78 is 14.1. The minimum absolute atomic E-state index is 0.0425. The molecule has 0 aromatic heterocycles. The molecule has 106 valence electrons. The number of aryl methyl sites for hydroxylation is 1. The molecule has 1 N–H and O–H groups in total. The second kappa shape index (κ2) is 6.87. The summed E-state index contributed by atoms with van der Waals surface area (Å²) in [5.74, 6) is -0.155. The zero-order valence-corrected chi connectivity index (χ0v) is 12.5. The molecule has 1 atom stereocenters. The quantitative estimate of drug-likeness (QED) is 0.843. The smallest absolute Gasteiger partial charge is 0.128 e. The average molecular weight is 292 g/mol. The Morgan fingerprint density at radius 2 is 2.00 bits per heavy atom. The second-order valence-electron chi connectivity index (χ2n) is 4.97. The molecule has 0 saturated carbocycles. The molecular formula is C17H19ClFN. The number of rotatable bonds is 5. The third kappa shape index (κ3) is 3.81. The number of likely N-dealkylation sites (N-methyl/N-ethyl adjacent to an activating group) is 1. The van der Waals surface area contributed by atoms with E-state index in [0.29, 0.717) is 17.0 Å². The topological polar surface area (TPSA) is 12.0 Å².